The molecular formula is C15H14F3N3S. The molecule has 0 radical (unpaired) electrons. The summed E-state index contributed by atoms with van der Waals surface area (Å²) in [5.41, 5.74) is 0.259. The minimum atomic E-state index is -4.44. The van der Waals surface area contributed by atoms with E-state index >= 15 is 0 Å². The predicted octanol–water partition coefficient (Wildman–Crippen LogP) is 4.59. The lowest BCUT2D eigenvalue weighted by molar-refractivity contribution is -0.136. The first-order chi connectivity index (χ1) is 10.3. The quantitative estimate of drug-likeness (QED) is 0.690. The van der Waals surface area contributed by atoms with Crippen molar-refractivity contribution in [2.45, 2.75) is 26.4 Å². The van der Waals surface area contributed by atoms with Crippen molar-refractivity contribution in [3.05, 3.63) is 34.3 Å². The molecule has 0 saturated heterocycles. The van der Waals surface area contributed by atoms with E-state index in [0.717, 1.165) is 22.2 Å². The largest absolute Gasteiger partial charge is 0.417 e. The summed E-state index contributed by atoms with van der Waals surface area (Å²) in [5, 5.41) is 4.15. The second-order valence-corrected chi connectivity index (χ2v) is 6.25. The summed E-state index contributed by atoms with van der Waals surface area (Å²) in [6.45, 7) is 3.58. The second kappa shape index (κ2) is 5.08. The molecule has 0 aliphatic carbocycles. The summed E-state index contributed by atoms with van der Waals surface area (Å²) < 4.78 is 41.6. The fraction of sp³-hybridized carbons (Fsp3) is 0.333. The number of rotatable bonds is 2. The maximum Gasteiger partial charge on any atom is 0.417 e. The molecule has 7 heteroatoms. The van der Waals surface area contributed by atoms with Gasteiger partial charge in [0.25, 0.3) is 0 Å². The SMILES string of the molecule is CCc1ccc(-c2cc(C(F)(F)F)c3c(C)nn(C)c3n2)s1. The molecule has 0 atom stereocenters. The number of thiophene rings is 1. The number of hydrogen-bond donors (Lipinski definition) is 0. The Bertz CT molecular complexity index is 846. The molecule has 116 valence electrons. The zero-order chi connectivity index (χ0) is 16.1. The first-order valence-electron chi connectivity index (χ1n) is 6.82. The van der Waals surface area contributed by atoms with Crippen LogP contribution in [0.25, 0.3) is 21.6 Å². The van der Waals surface area contributed by atoms with Crippen molar-refractivity contribution in [3.8, 4) is 10.6 Å². The highest BCUT2D eigenvalue weighted by molar-refractivity contribution is 7.15. The smallest absolute Gasteiger partial charge is 0.250 e. The summed E-state index contributed by atoms with van der Waals surface area (Å²) >= 11 is 1.47. The Hall–Kier alpha value is -1.89. The van der Waals surface area contributed by atoms with Crippen LogP contribution in [0.4, 0.5) is 13.2 Å². The molecule has 0 spiro atoms. The molecule has 0 N–H and O–H groups in total. The van der Waals surface area contributed by atoms with Gasteiger partial charge in [-0.1, -0.05) is 6.92 Å². The van der Waals surface area contributed by atoms with Gasteiger partial charge in [0.15, 0.2) is 5.65 Å². The molecule has 0 aliphatic heterocycles. The third-order valence-corrected chi connectivity index (χ3v) is 4.79. The molecule has 3 nitrogen and oxygen atoms in total. The Morgan fingerprint density at radius 2 is 2.00 bits per heavy atom. The number of aryl methyl sites for hydroxylation is 3. The van der Waals surface area contributed by atoms with Crippen molar-refractivity contribution in [2.24, 2.45) is 7.05 Å². The van der Waals surface area contributed by atoms with Crippen molar-refractivity contribution >= 4 is 22.4 Å². The first-order valence-corrected chi connectivity index (χ1v) is 7.63. The Kier molecular flexibility index (Phi) is 3.47. The summed E-state index contributed by atoms with van der Waals surface area (Å²) in [4.78, 5) is 6.25. The molecule has 0 amide bonds. The fourth-order valence-corrected chi connectivity index (χ4v) is 3.41. The molecule has 3 aromatic heterocycles. The molecule has 0 bridgehead atoms. The van der Waals surface area contributed by atoms with Crippen molar-refractivity contribution < 1.29 is 13.2 Å². The van der Waals surface area contributed by atoms with Crippen molar-refractivity contribution in [2.75, 3.05) is 0 Å². The first kappa shape index (κ1) is 15.0. The van der Waals surface area contributed by atoms with E-state index in [1.807, 2.05) is 19.1 Å². The van der Waals surface area contributed by atoms with E-state index in [-0.39, 0.29) is 11.0 Å². The molecule has 0 fully saturated rings. The average molecular weight is 325 g/mol. The van der Waals surface area contributed by atoms with Gasteiger partial charge in [0, 0.05) is 11.9 Å². The molecule has 3 rings (SSSR count). The van der Waals surface area contributed by atoms with E-state index in [1.165, 1.54) is 16.0 Å². The Labute approximate surface area is 129 Å². The average Bonchev–Trinajstić information content (AvgIpc) is 3.03. The van der Waals surface area contributed by atoms with Gasteiger partial charge < -0.3 is 0 Å². The van der Waals surface area contributed by atoms with Gasteiger partial charge in [0.05, 0.1) is 27.2 Å². The summed E-state index contributed by atoms with van der Waals surface area (Å²) in [6.07, 6.45) is -3.58. The van der Waals surface area contributed by atoms with Crippen LogP contribution in [-0.2, 0) is 19.6 Å². The molecule has 0 aromatic carbocycles. The topological polar surface area (TPSA) is 30.7 Å². The second-order valence-electron chi connectivity index (χ2n) is 5.08. The number of hydrogen-bond acceptors (Lipinski definition) is 3. The Morgan fingerprint density at radius 3 is 2.59 bits per heavy atom. The minimum absolute atomic E-state index is 0.0750. The van der Waals surface area contributed by atoms with Gasteiger partial charge in [0.1, 0.15) is 0 Å². The minimum Gasteiger partial charge on any atom is -0.250 e. The van der Waals surface area contributed by atoms with Crippen LogP contribution in [0.15, 0.2) is 18.2 Å². The van der Waals surface area contributed by atoms with E-state index in [2.05, 4.69) is 10.1 Å². The third kappa shape index (κ3) is 2.39. The normalized spacial score (nSPS) is 12.3. The van der Waals surface area contributed by atoms with Gasteiger partial charge in [0.2, 0.25) is 0 Å². The van der Waals surface area contributed by atoms with Gasteiger partial charge in [-0.25, -0.2) is 4.98 Å². The van der Waals surface area contributed by atoms with Crippen LogP contribution in [0.5, 0.6) is 0 Å². The predicted molar refractivity (Wildman–Crippen MR) is 80.9 cm³/mol. The third-order valence-electron chi connectivity index (χ3n) is 3.54. The summed E-state index contributed by atoms with van der Waals surface area (Å²) in [5.74, 6) is 0. The maximum atomic E-state index is 13.4. The van der Waals surface area contributed by atoms with Crippen LogP contribution >= 0.6 is 11.3 Å². The van der Waals surface area contributed by atoms with Crippen LogP contribution in [0, 0.1) is 6.92 Å². The lowest BCUT2D eigenvalue weighted by atomic mass is 10.1. The highest BCUT2D eigenvalue weighted by Gasteiger charge is 2.35. The lowest BCUT2D eigenvalue weighted by Gasteiger charge is -2.10. The van der Waals surface area contributed by atoms with Gasteiger partial charge >= 0.3 is 6.18 Å². The molecule has 3 aromatic rings. The van der Waals surface area contributed by atoms with Gasteiger partial charge in [-0.3, -0.25) is 4.68 Å². The number of aromatic nitrogens is 3. The number of halogens is 3. The highest BCUT2D eigenvalue weighted by atomic mass is 32.1. The number of fused-ring (bicyclic) bond motifs is 1. The molecule has 3 heterocycles. The monoisotopic (exact) mass is 325 g/mol. The van der Waals surface area contributed by atoms with Gasteiger partial charge in [-0.05, 0) is 31.5 Å². The fourth-order valence-electron chi connectivity index (χ4n) is 2.50. The highest BCUT2D eigenvalue weighted by Crippen LogP contribution is 2.39. The summed E-state index contributed by atoms with van der Waals surface area (Å²) in [6, 6.07) is 4.87. The van der Waals surface area contributed by atoms with Crippen molar-refractivity contribution in [3.63, 3.8) is 0 Å². The maximum absolute atomic E-state index is 13.4. The van der Waals surface area contributed by atoms with Gasteiger partial charge in [-0.15, -0.1) is 11.3 Å². The standard InChI is InChI=1S/C15H14F3N3S/c1-4-9-5-6-12(22-9)11-7-10(15(16,17)18)13-8(2)20-21(3)14(13)19-11/h5-7H,4H2,1-3H3. The summed E-state index contributed by atoms with van der Waals surface area (Å²) in [7, 11) is 1.61. The molecule has 0 saturated carbocycles. The van der Waals surface area contributed by atoms with E-state index in [1.54, 1.807) is 14.0 Å². The van der Waals surface area contributed by atoms with E-state index in [4.69, 9.17) is 0 Å². The van der Waals surface area contributed by atoms with E-state index < -0.39 is 11.7 Å². The number of nitrogens with zero attached hydrogens (tertiary/aromatic N) is 3. The van der Waals surface area contributed by atoms with Crippen molar-refractivity contribution in [1.82, 2.24) is 14.8 Å². The lowest BCUT2D eigenvalue weighted by Crippen LogP contribution is -2.07. The van der Waals surface area contributed by atoms with Crippen LogP contribution in [0.2, 0.25) is 0 Å². The van der Waals surface area contributed by atoms with Crippen LogP contribution in [0.1, 0.15) is 23.1 Å². The molecular weight excluding hydrogens is 311 g/mol. The Balaban J connectivity index is 2.31. The zero-order valence-corrected chi connectivity index (χ0v) is 13.1. The molecule has 0 aliphatic rings. The molecule has 0 unspecified atom stereocenters. The number of pyridine rings is 1. The van der Waals surface area contributed by atoms with Crippen LogP contribution < -0.4 is 0 Å². The molecule has 22 heavy (non-hydrogen) atoms. The van der Waals surface area contributed by atoms with Crippen LogP contribution in [0.3, 0.4) is 0 Å². The number of alkyl halides is 3. The zero-order valence-electron chi connectivity index (χ0n) is 12.3. The van der Waals surface area contributed by atoms with E-state index in [0.29, 0.717) is 11.4 Å². The van der Waals surface area contributed by atoms with Gasteiger partial charge in [-0.2, -0.15) is 18.3 Å². The van der Waals surface area contributed by atoms with E-state index in [9.17, 15) is 13.2 Å². The van der Waals surface area contributed by atoms with Crippen molar-refractivity contribution in [1.29, 1.82) is 0 Å². The van der Waals surface area contributed by atoms with Crippen LogP contribution in [-0.4, -0.2) is 14.8 Å². The Morgan fingerprint density at radius 1 is 1.27 bits per heavy atom.